The Morgan fingerprint density at radius 3 is 2.59 bits per heavy atom. The Kier molecular flexibility index (Phi) is 5.23. The van der Waals surface area contributed by atoms with Crippen molar-refractivity contribution in [2.24, 2.45) is 0 Å². The molecule has 0 radical (unpaired) electrons. The highest BCUT2D eigenvalue weighted by molar-refractivity contribution is 5.94. The first-order chi connectivity index (χ1) is 13.0. The van der Waals surface area contributed by atoms with Crippen LogP contribution in [0.25, 0.3) is 11.3 Å². The normalized spacial score (nSPS) is 10.2. The van der Waals surface area contributed by atoms with Crippen molar-refractivity contribution in [3.05, 3.63) is 71.1 Å². The van der Waals surface area contributed by atoms with Crippen LogP contribution in [0.1, 0.15) is 41.0 Å². The van der Waals surface area contributed by atoms with Crippen LogP contribution in [-0.4, -0.2) is 20.7 Å². The number of nitrogen functional groups attached to an aromatic ring is 1. The number of aromatic nitrogens is 3. The monoisotopic (exact) mass is 360 g/mol. The maximum Gasteiger partial charge on any atom is 0.162 e. The summed E-state index contributed by atoms with van der Waals surface area (Å²) in [6.45, 7) is 3.29. The van der Waals surface area contributed by atoms with Crippen LogP contribution in [0.4, 0.5) is 10.2 Å². The van der Waals surface area contributed by atoms with E-state index in [0.717, 1.165) is 5.69 Å². The molecule has 1 aromatic carbocycles. The van der Waals surface area contributed by atoms with Crippen LogP contribution in [0, 0.1) is 17.7 Å². The molecule has 0 atom stereocenters. The molecule has 0 bridgehead atoms. The topological polar surface area (TPSA) is 81.8 Å². The van der Waals surface area contributed by atoms with Gasteiger partial charge in [-0.25, -0.2) is 19.3 Å². The van der Waals surface area contributed by atoms with E-state index < -0.39 is 5.82 Å². The van der Waals surface area contributed by atoms with E-state index in [0.29, 0.717) is 34.6 Å². The predicted octanol–water partition coefficient (Wildman–Crippen LogP) is 3.42. The molecule has 0 aliphatic heterocycles. The Bertz CT molecular complexity index is 1070. The fraction of sp³-hybridized carbons (Fsp3) is 0.143. The number of pyridine rings is 1. The molecule has 3 aromatic rings. The van der Waals surface area contributed by atoms with E-state index in [4.69, 9.17) is 5.73 Å². The van der Waals surface area contributed by atoms with Crippen LogP contribution < -0.4 is 5.73 Å². The number of nitrogens with zero attached hydrogens (tertiary/aromatic N) is 3. The molecule has 0 unspecified atom stereocenters. The fourth-order valence-electron chi connectivity index (χ4n) is 2.60. The molecule has 0 fully saturated rings. The molecule has 0 aliphatic rings. The third kappa shape index (κ3) is 3.98. The van der Waals surface area contributed by atoms with Crippen molar-refractivity contribution in [1.82, 2.24) is 15.0 Å². The zero-order valence-electron chi connectivity index (χ0n) is 15.0. The second kappa shape index (κ2) is 7.75. The van der Waals surface area contributed by atoms with Crippen molar-refractivity contribution >= 4 is 11.6 Å². The van der Waals surface area contributed by atoms with Crippen molar-refractivity contribution < 1.29 is 9.18 Å². The number of halogens is 1. The van der Waals surface area contributed by atoms with Crippen molar-refractivity contribution in [3.63, 3.8) is 0 Å². The van der Waals surface area contributed by atoms with E-state index >= 15 is 0 Å². The molecule has 6 heteroatoms. The molecular formula is C21H17FN4O. The number of nitrogens with two attached hydrogens (primary N) is 1. The van der Waals surface area contributed by atoms with Gasteiger partial charge in [-0.1, -0.05) is 24.8 Å². The van der Waals surface area contributed by atoms with Gasteiger partial charge in [0.25, 0.3) is 0 Å². The standard InChI is InChI=1S/C21H17FN4O/c1-3-19-17(7-4-14-5-9-20(23)24-11-14)21(26-12-25-19)15-6-8-16(13(2)27)18(22)10-15/h5-6,8-12H,3H2,1-2H3,(H2,23,24). The average Bonchev–Trinajstić information content (AvgIpc) is 2.67. The quantitative estimate of drug-likeness (QED) is 0.572. The number of aryl methyl sites for hydroxylation is 1. The first-order valence-corrected chi connectivity index (χ1v) is 8.38. The van der Waals surface area contributed by atoms with Gasteiger partial charge in [0.1, 0.15) is 18.0 Å². The SMILES string of the molecule is CCc1ncnc(-c2ccc(C(C)=O)c(F)c2)c1C#Cc1ccc(N)nc1. The number of anilines is 1. The largest absolute Gasteiger partial charge is 0.384 e. The van der Waals surface area contributed by atoms with Crippen molar-refractivity contribution in [2.45, 2.75) is 20.3 Å². The first-order valence-electron chi connectivity index (χ1n) is 8.38. The van der Waals surface area contributed by atoms with E-state index in [-0.39, 0.29) is 11.3 Å². The molecule has 2 heterocycles. The Morgan fingerprint density at radius 2 is 1.96 bits per heavy atom. The van der Waals surface area contributed by atoms with E-state index in [9.17, 15) is 9.18 Å². The molecule has 0 aliphatic carbocycles. The summed E-state index contributed by atoms with van der Waals surface area (Å²) < 4.78 is 14.3. The molecule has 2 aromatic heterocycles. The lowest BCUT2D eigenvalue weighted by atomic mass is 10.0. The van der Waals surface area contributed by atoms with Gasteiger partial charge in [0.05, 0.1) is 22.5 Å². The van der Waals surface area contributed by atoms with Gasteiger partial charge in [-0.2, -0.15) is 0 Å². The number of Topliss-reactive ketones (excluding diaryl/α,β-unsaturated/α-hetero) is 1. The zero-order chi connectivity index (χ0) is 19.4. The lowest BCUT2D eigenvalue weighted by Crippen LogP contribution is -2.01. The van der Waals surface area contributed by atoms with Crippen LogP contribution in [0.3, 0.4) is 0 Å². The number of benzene rings is 1. The smallest absolute Gasteiger partial charge is 0.162 e. The number of carbonyl (C=O) groups excluding carboxylic acids is 1. The summed E-state index contributed by atoms with van der Waals surface area (Å²) in [5.41, 5.74) is 8.76. The van der Waals surface area contributed by atoms with Crippen molar-refractivity contribution in [2.75, 3.05) is 5.73 Å². The van der Waals surface area contributed by atoms with Crippen LogP contribution in [0.15, 0.2) is 42.9 Å². The number of ketones is 1. The van der Waals surface area contributed by atoms with Gasteiger partial charge in [0.15, 0.2) is 5.78 Å². The van der Waals surface area contributed by atoms with Crippen LogP contribution in [0.2, 0.25) is 0 Å². The van der Waals surface area contributed by atoms with E-state index in [1.54, 1.807) is 24.4 Å². The molecule has 5 nitrogen and oxygen atoms in total. The van der Waals surface area contributed by atoms with E-state index in [2.05, 4.69) is 26.8 Å². The summed E-state index contributed by atoms with van der Waals surface area (Å²) in [5, 5.41) is 0. The van der Waals surface area contributed by atoms with Gasteiger partial charge in [-0.3, -0.25) is 4.79 Å². The lowest BCUT2D eigenvalue weighted by Gasteiger charge is -2.09. The van der Waals surface area contributed by atoms with Crippen LogP contribution in [0.5, 0.6) is 0 Å². The molecule has 3 rings (SSSR count). The summed E-state index contributed by atoms with van der Waals surface area (Å²) in [7, 11) is 0. The van der Waals surface area contributed by atoms with Crippen LogP contribution in [-0.2, 0) is 6.42 Å². The summed E-state index contributed by atoms with van der Waals surface area (Å²) in [5.74, 6) is 5.60. The molecular weight excluding hydrogens is 343 g/mol. The molecule has 27 heavy (non-hydrogen) atoms. The van der Waals surface area contributed by atoms with Gasteiger partial charge in [0.2, 0.25) is 0 Å². The highest BCUT2D eigenvalue weighted by Gasteiger charge is 2.14. The predicted molar refractivity (Wildman–Crippen MR) is 101 cm³/mol. The number of carbonyl (C=O) groups is 1. The highest BCUT2D eigenvalue weighted by Crippen LogP contribution is 2.25. The Labute approximate surface area is 156 Å². The minimum atomic E-state index is -0.585. The fourth-order valence-corrected chi connectivity index (χ4v) is 2.60. The second-order valence-corrected chi connectivity index (χ2v) is 5.87. The van der Waals surface area contributed by atoms with E-state index in [1.807, 2.05) is 6.92 Å². The minimum absolute atomic E-state index is 0.0455. The number of hydrogen-bond donors (Lipinski definition) is 1. The third-order valence-electron chi connectivity index (χ3n) is 4.00. The molecule has 134 valence electrons. The van der Waals surface area contributed by atoms with Gasteiger partial charge in [0, 0.05) is 17.3 Å². The molecule has 0 amide bonds. The first kappa shape index (κ1) is 18.2. The lowest BCUT2D eigenvalue weighted by molar-refractivity contribution is 0.101. The van der Waals surface area contributed by atoms with Gasteiger partial charge in [-0.05, 0) is 37.6 Å². The summed E-state index contributed by atoms with van der Waals surface area (Å²) in [6.07, 6.45) is 3.66. The summed E-state index contributed by atoms with van der Waals surface area (Å²) >= 11 is 0. The molecule has 0 spiro atoms. The van der Waals surface area contributed by atoms with Crippen molar-refractivity contribution in [1.29, 1.82) is 0 Å². The summed E-state index contributed by atoms with van der Waals surface area (Å²) in [4.78, 5) is 24.1. The maximum absolute atomic E-state index is 14.3. The van der Waals surface area contributed by atoms with Gasteiger partial charge in [-0.15, -0.1) is 0 Å². The number of rotatable bonds is 3. The Hall–Kier alpha value is -3.59. The minimum Gasteiger partial charge on any atom is -0.384 e. The number of hydrogen-bond acceptors (Lipinski definition) is 5. The van der Waals surface area contributed by atoms with E-state index in [1.165, 1.54) is 25.4 Å². The van der Waals surface area contributed by atoms with Crippen molar-refractivity contribution in [3.8, 4) is 23.1 Å². The van der Waals surface area contributed by atoms with Crippen LogP contribution >= 0.6 is 0 Å². The molecule has 0 saturated carbocycles. The second-order valence-electron chi connectivity index (χ2n) is 5.87. The Morgan fingerprint density at radius 1 is 1.15 bits per heavy atom. The maximum atomic E-state index is 14.3. The van der Waals surface area contributed by atoms with Gasteiger partial charge >= 0.3 is 0 Å². The summed E-state index contributed by atoms with van der Waals surface area (Å²) in [6, 6.07) is 7.86. The zero-order valence-corrected chi connectivity index (χ0v) is 15.0. The Balaban J connectivity index is 2.11. The average molecular weight is 360 g/mol. The highest BCUT2D eigenvalue weighted by atomic mass is 19.1. The molecule has 2 N–H and O–H groups in total. The van der Waals surface area contributed by atoms with Gasteiger partial charge < -0.3 is 5.73 Å². The molecule has 0 saturated heterocycles. The third-order valence-corrected chi connectivity index (χ3v) is 4.00.